The number of fused-ring (bicyclic) bond motifs is 2. The van der Waals surface area contributed by atoms with E-state index in [4.69, 9.17) is 4.98 Å². The normalized spacial score (nSPS) is 12.8. The molecule has 3 aromatic carbocycles. The van der Waals surface area contributed by atoms with Crippen LogP contribution in [0.5, 0.6) is 0 Å². The lowest BCUT2D eigenvalue weighted by Gasteiger charge is -2.31. The minimum atomic E-state index is -0.256. The topological polar surface area (TPSA) is 33.1 Å². The minimum absolute atomic E-state index is 0. The molecule has 0 saturated carbocycles. The van der Waals surface area contributed by atoms with Crippen LogP contribution in [0.15, 0.2) is 78.9 Å². The van der Waals surface area contributed by atoms with Crippen molar-refractivity contribution in [3.8, 4) is 0 Å². The third-order valence-electron chi connectivity index (χ3n) is 7.63. The zero-order chi connectivity index (χ0) is 26.2. The largest absolute Gasteiger partial charge is 0.379 e. The molecule has 0 saturated heterocycles. The van der Waals surface area contributed by atoms with E-state index >= 15 is 0 Å². The summed E-state index contributed by atoms with van der Waals surface area (Å²) in [5.74, 6) is 0.461. The highest BCUT2D eigenvalue weighted by atomic mass is 35.5. The highest BCUT2D eigenvalue weighted by Gasteiger charge is 2.24. The fraction of sp³-hybridized carbons (Fsp3) is 0.219. The van der Waals surface area contributed by atoms with E-state index < -0.39 is 0 Å². The van der Waals surface area contributed by atoms with Crippen molar-refractivity contribution in [3.63, 3.8) is 0 Å². The van der Waals surface area contributed by atoms with Gasteiger partial charge in [-0.2, -0.15) is 0 Å². The van der Waals surface area contributed by atoms with E-state index in [2.05, 4.69) is 59.0 Å². The first-order valence-corrected chi connectivity index (χ1v) is 13.0. The number of benzene rings is 3. The van der Waals surface area contributed by atoms with Gasteiger partial charge in [0.2, 0.25) is 0 Å². The molecule has 0 atom stereocenters. The second kappa shape index (κ2) is 11.1. The molecule has 6 rings (SSSR count). The quantitative estimate of drug-likeness (QED) is 0.239. The molecule has 200 valence electrons. The van der Waals surface area contributed by atoms with Crippen molar-refractivity contribution in [2.75, 3.05) is 16.8 Å². The molecule has 39 heavy (non-hydrogen) atoms. The number of aromatic nitrogens is 2. The van der Waals surface area contributed by atoms with Gasteiger partial charge in [0, 0.05) is 36.4 Å². The fourth-order valence-electron chi connectivity index (χ4n) is 5.46. The molecule has 0 radical (unpaired) electrons. The Kier molecular flexibility index (Phi) is 7.58. The monoisotopic (exact) mass is 544 g/mol. The van der Waals surface area contributed by atoms with Gasteiger partial charge in [0.25, 0.3) is 0 Å². The number of pyridine rings is 1. The third kappa shape index (κ3) is 5.34. The number of halogens is 3. The van der Waals surface area contributed by atoms with E-state index in [9.17, 15) is 8.78 Å². The highest BCUT2D eigenvalue weighted by molar-refractivity contribution is 5.94. The number of anilines is 2. The van der Waals surface area contributed by atoms with Crippen LogP contribution in [0.2, 0.25) is 0 Å². The highest BCUT2D eigenvalue weighted by Crippen LogP contribution is 2.35. The SMILES string of the molecule is Cc1c(C)n(Cc2cccc(F)c2)c2c(N3CCc4ccccc4C3)nc(CNc3ccc(F)cc3)cc12.Cl. The van der Waals surface area contributed by atoms with Crippen molar-refractivity contribution in [1.29, 1.82) is 0 Å². The zero-order valence-electron chi connectivity index (χ0n) is 22.0. The number of hydrogen-bond acceptors (Lipinski definition) is 3. The van der Waals surface area contributed by atoms with E-state index in [1.165, 1.54) is 34.9 Å². The van der Waals surface area contributed by atoms with Gasteiger partial charge in [-0.15, -0.1) is 12.4 Å². The third-order valence-corrected chi connectivity index (χ3v) is 7.63. The van der Waals surface area contributed by atoms with Crippen LogP contribution in [0.4, 0.5) is 20.3 Å². The maximum atomic E-state index is 14.0. The van der Waals surface area contributed by atoms with Crippen molar-refractivity contribution < 1.29 is 8.78 Å². The molecule has 1 N–H and O–H groups in total. The fourth-order valence-corrected chi connectivity index (χ4v) is 5.46. The van der Waals surface area contributed by atoms with Crippen LogP contribution >= 0.6 is 12.4 Å². The molecule has 0 spiro atoms. The van der Waals surface area contributed by atoms with Crippen LogP contribution in [0.25, 0.3) is 10.9 Å². The van der Waals surface area contributed by atoms with Crippen molar-refractivity contribution in [2.45, 2.75) is 39.9 Å². The first kappa shape index (κ1) is 26.7. The summed E-state index contributed by atoms with van der Waals surface area (Å²) in [5, 5.41) is 4.54. The summed E-state index contributed by atoms with van der Waals surface area (Å²) in [6.45, 7) is 7.02. The van der Waals surface area contributed by atoms with Crippen LogP contribution in [-0.2, 0) is 26.1 Å². The first-order chi connectivity index (χ1) is 18.5. The van der Waals surface area contributed by atoms with Gasteiger partial charge in [-0.1, -0.05) is 36.4 Å². The van der Waals surface area contributed by atoms with E-state index in [1.54, 1.807) is 24.3 Å². The van der Waals surface area contributed by atoms with Crippen molar-refractivity contribution in [1.82, 2.24) is 9.55 Å². The number of nitrogens with one attached hydrogen (secondary N) is 1. The lowest BCUT2D eigenvalue weighted by atomic mass is 10.00. The van der Waals surface area contributed by atoms with Crippen LogP contribution in [0.1, 0.15) is 33.6 Å². The molecular formula is C32H31ClF2N4. The van der Waals surface area contributed by atoms with Crippen LogP contribution in [-0.4, -0.2) is 16.1 Å². The van der Waals surface area contributed by atoms with Gasteiger partial charge in [-0.25, -0.2) is 13.8 Å². The molecule has 5 aromatic rings. The number of aryl methyl sites for hydroxylation is 1. The summed E-state index contributed by atoms with van der Waals surface area (Å²) in [6.07, 6.45) is 0.958. The maximum Gasteiger partial charge on any atom is 0.153 e. The molecule has 0 bridgehead atoms. The summed E-state index contributed by atoms with van der Waals surface area (Å²) in [7, 11) is 0. The summed E-state index contributed by atoms with van der Waals surface area (Å²) in [6, 6.07) is 23.9. The van der Waals surface area contributed by atoms with Crippen LogP contribution in [0.3, 0.4) is 0 Å². The molecule has 0 unspecified atom stereocenters. The van der Waals surface area contributed by atoms with E-state index in [1.807, 2.05) is 6.07 Å². The molecule has 0 amide bonds. The average molecular weight is 545 g/mol. The van der Waals surface area contributed by atoms with Gasteiger partial charge in [-0.3, -0.25) is 0 Å². The van der Waals surface area contributed by atoms with Gasteiger partial charge >= 0.3 is 0 Å². The zero-order valence-corrected chi connectivity index (χ0v) is 22.9. The molecule has 3 heterocycles. The predicted molar refractivity (Wildman–Crippen MR) is 157 cm³/mol. The van der Waals surface area contributed by atoms with Gasteiger partial charge in [-0.05, 0) is 85.0 Å². The van der Waals surface area contributed by atoms with Gasteiger partial charge in [0.1, 0.15) is 11.6 Å². The smallest absolute Gasteiger partial charge is 0.153 e. The van der Waals surface area contributed by atoms with E-state index in [0.29, 0.717) is 13.1 Å². The Labute approximate surface area is 233 Å². The molecule has 0 aliphatic carbocycles. The van der Waals surface area contributed by atoms with Crippen molar-refractivity contribution in [2.24, 2.45) is 0 Å². The second-order valence-electron chi connectivity index (χ2n) is 10.1. The lowest BCUT2D eigenvalue weighted by Crippen LogP contribution is -2.31. The Morgan fingerprint density at radius 1 is 0.872 bits per heavy atom. The Bertz CT molecular complexity index is 1630. The second-order valence-corrected chi connectivity index (χ2v) is 10.1. The summed E-state index contributed by atoms with van der Waals surface area (Å²) in [5.41, 5.74) is 8.81. The van der Waals surface area contributed by atoms with E-state index in [0.717, 1.165) is 58.9 Å². The van der Waals surface area contributed by atoms with Crippen LogP contribution in [0, 0.1) is 25.5 Å². The summed E-state index contributed by atoms with van der Waals surface area (Å²) >= 11 is 0. The predicted octanol–water partition coefficient (Wildman–Crippen LogP) is 7.58. The molecular weight excluding hydrogens is 514 g/mol. The number of rotatable bonds is 6. The minimum Gasteiger partial charge on any atom is -0.379 e. The molecule has 0 fully saturated rings. The van der Waals surface area contributed by atoms with Crippen LogP contribution < -0.4 is 10.2 Å². The molecule has 4 nitrogen and oxygen atoms in total. The number of hydrogen-bond donors (Lipinski definition) is 1. The Hall–Kier alpha value is -3.90. The molecule has 2 aromatic heterocycles. The summed E-state index contributed by atoms with van der Waals surface area (Å²) in [4.78, 5) is 7.57. The summed E-state index contributed by atoms with van der Waals surface area (Å²) < 4.78 is 29.7. The standard InChI is InChI=1S/C32H30F2N4.ClH/c1-21-22(2)38(19-23-6-5-9-27(34)16-23)31-30(21)17-29(18-35-28-12-10-26(33)11-13-28)36-32(31)37-15-14-24-7-3-4-8-25(24)20-37;/h3-13,16-17,35H,14-15,18-20H2,1-2H3;1H. The molecule has 7 heteroatoms. The maximum absolute atomic E-state index is 14.0. The first-order valence-electron chi connectivity index (χ1n) is 13.0. The average Bonchev–Trinajstić information content (AvgIpc) is 3.17. The van der Waals surface area contributed by atoms with E-state index in [-0.39, 0.29) is 24.0 Å². The molecule has 1 aliphatic heterocycles. The van der Waals surface area contributed by atoms with Gasteiger partial charge < -0.3 is 14.8 Å². The van der Waals surface area contributed by atoms with Gasteiger partial charge in [0.05, 0.1) is 17.8 Å². The molecule has 1 aliphatic rings. The van der Waals surface area contributed by atoms with Crippen molar-refractivity contribution >= 4 is 34.8 Å². The lowest BCUT2D eigenvalue weighted by molar-refractivity contribution is 0.623. The Balaban J connectivity index is 0.00000308. The number of nitrogens with zero attached hydrogens (tertiary/aromatic N) is 3. The van der Waals surface area contributed by atoms with Gasteiger partial charge in [0.15, 0.2) is 5.82 Å². The Morgan fingerprint density at radius 3 is 2.41 bits per heavy atom. The Morgan fingerprint density at radius 2 is 1.64 bits per heavy atom. The van der Waals surface area contributed by atoms with Crippen molar-refractivity contribution in [3.05, 3.63) is 124 Å².